The van der Waals surface area contributed by atoms with E-state index in [-0.39, 0.29) is 22.9 Å². The van der Waals surface area contributed by atoms with Crippen molar-refractivity contribution in [3.8, 4) is 5.75 Å². The van der Waals surface area contributed by atoms with Gasteiger partial charge in [-0.25, -0.2) is 0 Å². The lowest BCUT2D eigenvalue weighted by Gasteiger charge is -2.22. The molecule has 30 heavy (non-hydrogen) atoms. The number of rotatable bonds is 5. The van der Waals surface area contributed by atoms with E-state index >= 15 is 0 Å². The van der Waals surface area contributed by atoms with Gasteiger partial charge in [-0.2, -0.15) is 0 Å². The number of amides is 2. The van der Waals surface area contributed by atoms with Crippen molar-refractivity contribution in [2.45, 2.75) is 25.8 Å². The summed E-state index contributed by atoms with van der Waals surface area (Å²) < 4.78 is 5.16. The molecule has 1 atom stereocenters. The van der Waals surface area contributed by atoms with Crippen LogP contribution in [-0.4, -0.2) is 40.6 Å². The number of hydrogen-bond donors (Lipinski definition) is 1. The molecule has 0 unspecified atom stereocenters. The van der Waals surface area contributed by atoms with E-state index in [2.05, 4.69) is 15.5 Å². The number of carbonyl (C=O) groups excluding carboxylic acids is 2. The maximum atomic E-state index is 13.0. The minimum Gasteiger partial charge on any atom is -0.497 e. The second kappa shape index (κ2) is 8.62. The molecular formula is C22H22N4O3S. The molecule has 0 radical (unpaired) electrons. The fourth-order valence-corrected chi connectivity index (χ4v) is 4.33. The number of benzene rings is 2. The summed E-state index contributed by atoms with van der Waals surface area (Å²) in [5.74, 6) is 0.354. The number of ether oxygens (including phenoxy) is 1. The third kappa shape index (κ3) is 4.18. The second-order valence-corrected chi connectivity index (χ2v) is 8.16. The Morgan fingerprint density at radius 1 is 1.10 bits per heavy atom. The van der Waals surface area contributed by atoms with Crippen LogP contribution in [0.25, 0.3) is 0 Å². The van der Waals surface area contributed by atoms with Gasteiger partial charge in [-0.05, 0) is 56.2 Å². The van der Waals surface area contributed by atoms with Crippen molar-refractivity contribution >= 4 is 28.8 Å². The molecule has 1 fully saturated rings. The molecule has 2 heterocycles. The summed E-state index contributed by atoms with van der Waals surface area (Å²) in [5, 5.41) is 12.1. The zero-order valence-corrected chi connectivity index (χ0v) is 17.6. The monoisotopic (exact) mass is 422 g/mol. The average molecular weight is 423 g/mol. The van der Waals surface area contributed by atoms with Crippen LogP contribution in [0, 0.1) is 6.92 Å². The molecule has 0 aliphatic carbocycles. The molecule has 4 rings (SSSR count). The predicted octanol–water partition coefficient (Wildman–Crippen LogP) is 4.08. The van der Waals surface area contributed by atoms with Crippen molar-refractivity contribution in [3.63, 3.8) is 0 Å². The molecule has 2 aromatic carbocycles. The molecule has 8 heteroatoms. The third-order valence-electron chi connectivity index (χ3n) is 5.08. The molecule has 1 aliphatic rings. The summed E-state index contributed by atoms with van der Waals surface area (Å²) >= 11 is 1.23. The van der Waals surface area contributed by atoms with Crippen LogP contribution < -0.4 is 10.1 Å². The number of aromatic nitrogens is 2. The number of hydrogen-bond acceptors (Lipinski definition) is 6. The maximum Gasteiger partial charge on any atom is 0.286 e. The van der Waals surface area contributed by atoms with Gasteiger partial charge in [-0.15, -0.1) is 10.2 Å². The van der Waals surface area contributed by atoms with Gasteiger partial charge in [-0.1, -0.05) is 29.0 Å². The highest BCUT2D eigenvalue weighted by Gasteiger charge is 2.33. The van der Waals surface area contributed by atoms with Gasteiger partial charge in [0.1, 0.15) is 10.8 Å². The summed E-state index contributed by atoms with van der Waals surface area (Å²) in [5.41, 5.74) is 2.43. The van der Waals surface area contributed by atoms with Gasteiger partial charge in [0.15, 0.2) is 0 Å². The van der Waals surface area contributed by atoms with E-state index in [9.17, 15) is 9.59 Å². The van der Waals surface area contributed by atoms with Crippen LogP contribution in [0.3, 0.4) is 0 Å². The summed E-state index contributed by atoms with van der Waals surface area (Å²) in [6, 6.07) is 14.5. The quantitative estimate of drug-likeness (QED) is 0.670. The normalized spacial score (nSPS) is 15.8. The van der Waals surface area contributed by atoms with Crippen molar-refractivity contribution < 1.29 is 14.3 Å². The maximum absolute atomic E-state index is 13.0. The fraction of sp³-hybridized carbons (Fsp3) is 0.273. The predicted molar refractivity (Wildman–Crippen MR) is 115 cm³/mol. The Bertz CT molecular complexity index is 1050. The summed E-state index contributed by atoms with van der Waals surface area (Å²) in [7, 11) is 1.59. The average Bonchev–Trinajstić information content (AvgIpc) is 3.44. The molecule has 0 saturated carbocycles. The van der Waals surface area contributed by atoms with Crippen LogP contribution in [0.4, 0.5) is 5.69 Å². The highest BCUT2D eigenvalue weighted by atomic mass is 32.1. The third-order valence-corrected chi connectivity index (χ3v) is 6.10. The molecule has 1 aromatic heterocycles. The number of carbonyl (C=O) groups is 2. The smallest absolute Gasteiger partial charge is 0.286 e. The Hall–Kier alpha value is -3.26. The zero-order valence-electron chi connectivity index (χ0n) is 16.8. The van der Waals surface area contributed by atoms with Crippen LogP contribution in [-0.2, 0) is 0 Å². The van der Waals surface area contributed by atoms with E-state index in [1.807, 2.05) is 36.1 Å². The minimum atomic E-state index is -0.298. The lowest BCUT2D eigenvalue weighted by Crippen LogP contribution is -2.30. The van der Waals surface area contributed by atoms with E-state index in [0.29, 0.717) is 28.6 Å². The first-order valence-corrected chi connectivity index (χ1v) is 10.5. The molecule has 1 aliphatic heterocycles. The molecular weight excluding hydrogens is 400 g/mol. The highest BCUT2D eigenvalue weighted by molar-refractivity contribution is 7.13. The van der Waals surface area contributed by atoms with E-state index in [4.69, 9.17) is 4.74 Å². The lowest BCUT2D eigenvalue weighted by molar-refractivity contribution is 0.0735. The van der Waals surface area contributed by atoms with Crippen LogP contribution in [0.2, 0.25) is 0 Å². The summed E-state index contributed by atoms with van der Waals surface area (Å²) in [4.78, 5) is 27.3. The Kier molecular flexibility index (Phi) is 5.76. The van der Waals surface area contributed by atoms with Gasteiger partial charge in [-0.3, -0.25) is 9.59 Å². The second-order valence-electron chi connectivity index (χ2n) is 7.15. The van der Waals surface area contributed by atoms with Crippen molar-refractivity contribution in [3.05, 3.63) is 69.7 Å². The fourth-order valence-electron chi connectivity index (χ4n) is 3.45. The zero-order chi connectivity index (χ0) is 21.1. The standard InChI is InChI=1S/C22H22N4O3S/c1-14-5-9-16(10-6-14)23-19(27)21-25-24-20(30-21)18-4-3-13-26(18)22(28)15-7-11-17(29-2)12-8-15/h5-12,18H,3-4,13H2,1-2H3,(H,23,27)/t18-/m1/s1. The first-order valence-electron chi connectivity index (χ1n) is 9.71. The van der Waals surface area contributed by atoms with Crippen LogP contribution in [0.5, 0.6) is 5.75 Å². The molecule has 0 spiro atoms. The van der Waals surface area contributed by atoms with Gasteiger partial charge in [0.25, 0.3) is 11.8 Å². The Labute approximate surface area is 178 Å². The number of nitrogens with zero attached hydrogens (tertiary/aromatic N) is 3. The van der Waals surface area contributed by atoms with Gasteiger partial charge >= 0.3 is 0 Å². The molecule has 154 valence electrons. The van der Waals surface area contributed by atoms with Crippen LogP contribution in [0.15, 0.2) is 48.5 Å². The molecule has 0 bridgehead atoms. The Balaban J connectivity index is 1.48. The van der Waals surface area contributed by atoms with E-state index in [1.165, 1.54) is 11.3 Å². The van der Waals surface area contributed by atoms with Gasteiger partial charge < -0.3 is 15.0 Å². The van der Waals surface area contributed by atoms with Crippen molar-refractivity contribution in [1.29, 1.82) is 0 Å². The lowest BCUT2D eigenvalue weighted by atomic mass is 10.1. The summed E-state index contributed by atoms with van der Waals surface area (Å²) in [6.45, 7) is 2.64. The molecule has 1 saturated heterocycles. The van der Waals surface area contributed by atoms with E-state index in [1.54, 1.807) is 31.4 Å². The number of methoxy groups -OCH3 is 1. The molecule has 7 nitrogen and oxygen atoms in total. The van der Waals surface area contributed by atoms with Crippen molar-refractivity contribution in [2.24, 2.45) is 0 Å². The van der Waals surface area contributed by atoms with Crippen LogP contribution in [0.1, 0.15) is 49.6 Å². The number of likely N-dealkylation sites (tertiary alicyclic amines) is 1. The van der Waals surface area contributed by atoms with Crippen molar-refractivity contribution in [2.75, 3.05) is 19.0 Å². The number of nitrogens with one attached hydrogen (secondary N) is 1. The largest absolute Gasteiger partial charge is 0.497 e. The van der Waals surface area contributed by atoms with Crippen molar-refractivity contribution in [1.82, 2.24) is 15.1 Å². The molecule has 2 amide bonds. The molecule has 1 N–H and O–H groups in total. The first-order chi connectivity index (χ1) is 14.5. The number of aryl methyl sites for hydroxylation is 1. The number of anilines is 1. The first kappa shape index (κ1) is 20.0. The summed E-state index contributed by atoms with van der Waals surface area (Å²) in [6.07, 6.45) is 1.69. The van der Waals surface area contributed by atoms with Gasteiger partial charge in [0.2, 0.25) is 5.01 Å². The SMILES string of the molecule is COc1ccc(C(=O)N2CCC[C@@H]2c2nnc(C(=O)Nc3ccc(C)cc3)s2)cc1. The van der Waals surface area contributed by atoms with Gasteiger partial charge in [0.05, 0.1) is 13.2 Å². The van der Waals surface area contributed by atoms with Crippen LogP contribution >= 0.6 is 11.3 Å². The highest BCUT2D eigenvalue weighted by Crippen LogP contribution is 2.35. The Morgan fingerprint density at radius 3 is 2.53 bits per heavy atom. The van der Waals surface area contributed by atoms with E-state index < -0.39 is 0 Å². The van der Waals surface area contributed by atoms with Gasteiger partial charge in [0, 0.05) is 17.8 Å². The topological polar surface area (TPSA) is 84.4 Å². The van der Waals surface area contributed by atoms with E-state index in [0.717, 1.165) is 18.4 Å². The minimum absolute atomic E-state index is 0.0546. The molecule has 3 aromatic rings. The Morgan fingerprint density at radius 2 is 1.83 bits per heavy atom.